The van der Waals surface area contributed by atoms with Gasteiger partial charge >= 0.3 is 0 Å². The van der Waals surface area contributed by atoms with Gasteiger partial charge in [0.1, 0.15) is 0 Å². The van der Waals surface area contributed by atoms with Crippen LogP contribution in [0.4, 0.5) is 28.4 Å². The van der Waals surface area contributed by atoms with E-state index in [1.807, 2.05) is 6.07 Å². The maximum Gasteiger partial charge on any atom is 0.0465 e. The highest BCUT2D eigenvalue weighted by atomic mass is 79.9. The average molecular weight is 1210 g/mol. The van der Waals surface area contributed by atoms with Crippen LogP contribution in [0.2, 0.25) is 0 Å². The third kappa shape index (κ3) is 11.2. The molecule has 428 valence electrons. The molecule has 0 heterocycles. The molecule has 0 saturated carbocycles. The second-order valence-corrected chi connectivity index (χ2v) is 25.2. The zero-order valence-electron chi connectivity index (χ0n) is 50.5. The van der Waals surface area contributed by atoms with Crippen molar-refractivity contribution in [3.8, 4) is 66.8 Å². The zero-order chi connectivity index (χ0) is 60.5. The SMILES string of the molecule is Brc1ccc(-c2cccc3ccccc23)cc1.CC1(C)c2ccccc2-c2ccc(N(c3ccc(-c4ccccc4)cc3)c3ccc(-c4cccc5ccccc45)cc3)cc21.CC1(C)c2ccccc2-c2ccc(Nc3ccc(-c4ccccc4)cc3)cc21. The molecule has 0 atom stereocenters. The topological polar surface area (TPSA) is 15.3 Å². The van der Waals surface area contributed by atoms with Gasteiger partial charge in [0, 0.05) is 43.7 Å². The highest BCUT2D eigenvalue weighted by molar-refractivity contribution is 9.10. The van der Waals surface area contributed by atoms with Gasteiger partial charge in [-0.3, -0.25) is 0 Å². The van der Waals surface area contributed by atoms with E-state index in [4.69, 9.17) is 0 Å². The first-order valence-electron chi connectivity index (χ1n) is 30.7. The number of hydrogen-bond donors (Lipinski definition) is 1. The Labute approximate surface area is 532 Å². The van der Waals surface area contributed by atoms with Gasteiger partial charge in [0.05, 0.1) is 0 Å². The molecule has 89 heavy (non-hydrogen) atoms. The van der Waals surface area contributed by atoms with E-state index in [1.54, 1.807) is 0 Å². The van der Waals surface area contributed by atoms with Crippen molar-refractivity contribution in [2.24, 2.45) is 0 Å². The lowest BCUT2D eigenvalue weighted by molar-refractivity contribution is 0.660. The van der Waals surface area contributed by atoms with Gasteiger partial charge in [0.2, 0.25) is 0 Å². The first kappa shape index (κ1) is 56.5. The summed E-state index contributed by atoms with van der Waals surface area (Å²) in [6.07, 6.45) is 0. The van der Waals surface area contributed by atoms with Crippen LogP contribution < -0.4 is 10.2 Å². The maximum absolute atomic E-state index is 3.58. The Morgan fingerprint density at radius 1 is 0.258 bits per heavy atom. The summed E-state index contributed by atoms with van der Waals surface area (Å²) in [5.41, 5.74) is 26.5. The number of nitrogens with one attached hydrogen (secondary N) is 1. The zero-order valence-corrected chi connectivity index (χ0v) is 52.1. The molecule has 0 amide bonds. The van der Waals surface area contributed by atoms with Crippen molar-refractivity contribution in [2.45, 2.75) is 38.5 Å². The van der Waals surface area contributed by atoms with E-state index in [0.29, 0.717) is 0 Å². The highest BCUT2D eigenvalue weighted by Gasteiger charge is 2.37. The second-order valence-electron chi connectivity index (χ2n) is 24.3. The molecule has 0 radical (unpaired) electrons. The summed E-state index contributed by atoms with van der Waals surface area (Å²) in [6, 6.07) is 118. The lowest BCUT2D eigenvalue weighted by Gasteiger charge is -2.28. The first-order valence-corrected chi connectivity index (χ1v) is 31.5. The number of fused-ring (bicyclic) bond motifs is 8. The number of halogens is 1. The third-order valence-electron chi connectivity index (χ3n) is 18.1. The maximum atomic E-state index is 3.58. The molecule has 2 nitrogen and oxygen atoms in total. The molecular formula is C86H67BrN2. The molecule has 14 aromatic carbocycles. The summed E-state index contributed by atoms with van der Waals surface area (Å²) in [5, 5.41) is 8.70. The Bertz CT molecular complexity index is 4820. The molecule has 3 heteroatoms. The fraction of sp³-hybridized carbons (Fsp3) is 0.0698. The molecule has 0 fully saturated rings. The quantitative estimate of drug-likeness (QED) is 0.155. The van der Waals surface area contributed by atoms with Crippen molar-refractivity contribution < 1.29 is 0 Å². The molecule has 2 aliphatic rings. The predicted octanol–water partition coefficient (Wildman–Crippen LogP) is 24.6. The van der Waals surface area contributed by atoms with Gasteiger partial charge in [0.15, 0.2) is 0 Å². The molecule has 0 bridgehead atoms. The number of anilines is 5. The van der Waals surface area contributed by atoms with Crippen molar-refractivity contribution in [2.75, 3.05) is 10.2 Å². The first-order chi connectivity index (χ1) is 43.5. The molecule has 0 unspecified atom stereocenters. The van der Waals surface area contributed by atoms with Gasteiger partial charge in [-0.2, -0.15) is 0 Å². The van der Waals surface area contributed by atoms with E-state index in [1.165, 1.54) is 111 Å². The van der Waals surface area contributed by atoms with E-state index >= 15 is 0 Å². The second kappa shape index (κ2) is 24.1. The van der Waals surface area contributed by atoms with Crippen molar-refractivity contribution in [1.29, 1.82) is 0 Å². The normalized spacial score (nSPS) is 12.7. The molecule has 2 aliphatic carbocycles. The van der Waals surface area contributed by atoms with Crippen molar-refractivity contribution >= 4 is 65.9 Å². The Hall–Kier alpha value is -10.3. The summed E-state index contributed by atoms with van der Waals surface area (Å²) in [6.45, 7) is 9.32. The lowest BCUT2D eigenvalue weighted by atomic mass is 9.82. The summed E-state index contributed by atoms with van der Waals surface area (Å²) >= 11 is 3.47. The van der Waals surface area contributed by atoms with Crippen LogP contribution in [-0.2, 0) is 10.8 Å². The summed E-state index contributed by atoms with van der Waals surface area (Å²) in [4.78, 5) is 2.39. The van der Waals surface area contributed by atoms with Gasteiger partial charge in [-0.1, -0.05) is 298 Å². The van der Waals surface area contributed by atoms with Crippen LogP contribution in [-0.4, -0.2) is 0 Å². The molecule has 16 rings (SSSR count). The van der Waals surface area contributed by atoms with E-state index in [-0.39, 0.29) is 10.8 Å². The minimum absolute atomic E-state index is 0.0286. The minimum atomic E-state index is -0.0665. The number of rotatable bonds is 9. The number of benzene rings is 14. The summed E-state index contributed by atoms with van der Waals surface area (Å²) in [5.74, 6) is 0. The van der Waals surface area contributed by atoms with Crippen molar-refractivity contribution in [3.63, 3.8) is 0 Å². The van der Waals surface area contributed by atoms with Crippen molar-refractivity contribution in [3.05, 3.63) is 354 Å². The lowest BCUT2D eigenvalue weighted by Crippen LogP contribution is -2.16. The molecule has 0 aromatic heterocycles. The highest BCUT2D eigenvalue weighted by Crippen LogP contribution is 2.52. The molecule has 14 aromatic rings. The smallest absolute Gasteiger partial charge is 0.0465 e. The number of nitrogens with zero attached hydrogens (tertiary/aromatic N) is 1. The molecule has 0 saturated heterocycles. The minimum Gasteiger partial charge on any atom is -0.356 e. The molecule has 1 N–H and O–H groups in total. The van der Waals surface area contributed by atoms with Crippen LogP contribution in [0.3, 0.4) is 0 Å². The average Bonchev–Trinajstić information content (AvgIpc) is 1.75. The molecular weight excluding hydrogens is 1140 g/mol. The van der Waals surface area contributed by atoms with Crippen LogP contribution in [0, 0.1) is 0 Å². The Morgan fingerprint density at radius 3 is 1.12 bits per heavy atom. The van der Waals surface area contributed by atoms with Crippen LogP contribution >= 0.6 is 15.9 Å². The van der Waals surface area contributed by atoms with Crippen LogP contribution in [0.15, 0.2) is 332 Å². The van der Waals surface area contributed by atoms with Gasteiger partial charge in [-0.05, 0) is 183 Å². The van der Waals surface area contributed by atoms with Crippen LogP contribution in [0.25, 0.3) is 88.3 Å². The monoisotopic (exact) mass is 1210 g/mol. The van der Waals surface area contributed by atoms with Gasteiger partial charge in [-0.25, -0.2) is 0 Å². The van der Waals surface area contributed by atoms with E-state index < -0.39 is 0 Å². The van der Waals surface area contributed by atoms with E-state index in [9.17, 15) is 0 Å². The fourth-order valence-electron chi connectivity index (χ4n) is 13.4. The van der Waals surface area contributed by atoms with Gasteiger partial charge in [-0.15, -0.1) is 0 Å². The Kier molecular flexibility index (Phi) is 15.3. The van der Waals surface area contributed by atoms with Crippen LogP contribution in [0.5, 0.6) is 0 Å². The molecule has 0 aliphatic heterocycles. The fourth-order valence-corrected chi connectivity index (χ4v) is 13.7. The third-order valence-corrected chi connectivity index (χ3v) is 18.6. The van der Waals surface area contributed by atoms with Gasteiger partial charge < -0.3 is 10.2 Å². The Morgan fingerprint density at radius 2 is 0.607 bits per heavy atom. The summed E-state index contributed by atoms with van der Waals surface area (Å²) < 4.78 is 1.11. The largest absolute Gasteiger partial charge is 0.356 e. The van der Waals surface area contributed by atoms with Crippen LogP contribution in [0.1, 0.15) is 49.9 Å². The standard InChI is InChI=1S/C43H33N.C27H23N.C16H11Br/c1-43(2)41-18-9-8-16-39(41)40-28-27-36(29-42(40)43)44(34-23-19-31(20-24-34)30-11-4-3-5-12-30)35-25-21-33(22-26-35)38-17-10-14-32-13-6-7-15-37(32)38;1-27(2)25-11-7-6-10-23(25)24-17-16-22(18-26(24)27)28-21-14-12-20(13-15-21)19-8-4-3-5-9-19;17-14-10-8-13(9-11-14)16-7-3-5-12-4-1-2-6-15(12)16/h3-29H,1-2H3;3-18,28H,1-2H3;1-11H. The number of hydrogen-bond acceptors (Lipinski definition) is 2. The van der Waals surface area contributed by atoms with Gasteiger partial charge in [0.25, 0.3) is 0 Å². The molecule has 0 spiro atoms. The van der Waals surface area contributed by atoms with Crippen molar-refractivity contribution in [1.82, 2.24) is 0 Å². The Balaban J connectivity index is 0.000000131. The predicted molar refractivity (Wildman–Crippen MR) is 383 cm³/mol. The summed E-state index contributed by atoms with van der Waals surface area (Å²) in [7, 11) is 0. The van der Waals surface area contributed by atoms with E-state index in [2.05, 4.69) is 375 Å². The van der Waals surface area contributed by atoms with E-state index in [0.717, 1.165) is 32.9 Å².